The molecule has 1 aromatic rings. The summed E-state index contributed by atoms with van der Waals surface area (Å²) in [5.41, 5.74) is 4.07. The number of ether oxygens (including phenoxy) is 1. The Morgan fingerprint density at radius 1 is 1.60 bits per heavy atom. The van der Waals surface area contributed by atoms with E-state index in [-0.39, 0.29) is 23.7 Å². The van der Waals surface area contributed by atoms with Crippen LogP contribution in [0.25, 0.3) is 0 Å². The van der Waals surface area contributed by atoms with Gasteiger partial charge in [0, 0.05) is 12.1 Å². The Balaban J connectivity index is 2.49. The monoisotopic (exact) mass is 302 g/mol. The molecule has 0 aliphatic rings. The molecule has 0 aromatic heterocycles. The third-order valence-corrected chi connectivity index (χ3v) is 3.02. The molecule has 8 heteroatoms. The lowest BCUT2D eigenvalue weighted by Gasteiger charge is -2.18. The lowest BCUT2D eigenvalue weighted by atomic mass is 9.98. The summed E-state index contributed by atoms with van der Waals surface area (Å²) in [5, 5.41) is 19.4. The van der Waals surface area contributed by atoms with E-state index in [0.717, 1.165) is 0 Å². The van der Waals surface area contributed by atoms with Crippen LogP contribution in [0.15, 0.2) is 18.2 Å². The van der Waals surface area contributed by atoms with E-state index in [1.165, 1.54) is 25.1 Å². The van der Waals surface area contributed by atoms with Gasteiger partial charge in [0.25, 0.3) is 5.69 Å². The molecule has 7 nitrogen and oxygen atoms in total. The molecule has 1 rings (SSSR count). The maximum absolute atomic E-state index is 10.8. The van der Waals surface area contributed by atoms with Crippen molar-refractivity contribution in [3.63, 3.8) is 0 Å². The molecule has 0 aliphatic heterocycles. The number of aliphatic carboxylic acids is 1. The first-order valence-corrected chi connectivity index (χ1v) is 6.21. The molecule has 1 aromatic carbocycles. The average molecular weight is 303 g/mol. The maximum Gasteiger partial charge on any atom is 0.323 e. The predicted molar refractivity (Wildman–Crippen MR) is 73.1 cm³/mol. The smallest absolute Gasteiger partial charge is 0.323 e. The van der Waals surface area contributed by atoms with E-state index < -0.39 is 16.4 Å². The van der Waals surface area contributed by atoms with Crippen LogP contribution >= 0.6 is 11.6 Å². The van der Waals surface area contributed by atoms with Crippen LogP contribution in [0.3, 0.4) is 0 Å². The average Bonchev–Trinajstić information content (AvgIpc) is 2.34. The van der Waals surface area contributed by atoms with Crippen molar-refractivity contribution in [2.75, 3.05) is 6.61 Å². The first-order valence-electron chi connectivity index (χ1n) is 5.83. The van der Waals surface area contributed by atoms with E-state index in [4.69, 9.17) is 27.2 Å². The van der Waals surface area contributed by atoms with Crippen molar-refractivity contribution in [2.45, 2.75) is 25.3 Å². The molecule has 1 unspecified atom stereocenters. The first kappa shape index (κ1) is 16.2. The van der Waals surface area contributed by atoms with E-state index in [1.807, 2.05) is 0 Å². The summed E-state index contributed by atoms with van der Waals surface area (Å²) < 4.78 is 5.34. The quantitative estimate of drug-likeness (QED) is 0.453. The number of hydrogen-bond donors (Lipinski definition) is 2. The minimum absolute atomic E-state index is 0.0123. The van der Waals surface area contributed by atoms with Crippen LogP contribution < -0.4 is 10.5 Å². The summed E-state index contributed by atoms with van der Waals surface area (Å²) in [4.78, 5) is 20.8. The van der Waals surface area contributed by atoms with Gasteiger partial charge in [0.2, 0.25) is 0 Å². The number of carboxylic acids is 1. The number of hydrogen-bond acceptors (Lipinski definition) is 5. The molecule has 20 heavy (non-hydrogen) atoms. The molecule has 110 valence electrons. The second-order valence-corrected chi connectivity index (χ2v) is 4.95. The zero-order valence-corrected chi connectivity index (χ0v) is 11.6. The van der Waals surface area contributed by atoms with Crippen LogP contribution in [0, 0.1) is 10.1 Å². The first-order chi connectivity index (χ1) is 9.24. The lowest BCUT2D eigenvalue weighted by Crippen LogP contribution is -2.44. The van der Waals surface area contributed by atoms with Gasteiger partial charge in [-0.15, -0.1) is 0 Å². The molecular formula is C12H15ClN2O5. The fourth-order valence-electron chi connectivity index (χ4n) is 1.46. The molecule has 0 aliphatic carbocycles. The number of halogens is 1. The van der Waals surface area contributed by atoms with Crippen molar-refractivity contribution in [1.82, 2.24) is 0 Å². The summed E-state index contributed by atoms with van der Waals surface area (Å²) >= 11 is 5.73. The fraction of sp³-hybridized carbons (Fsp3) is 0.417. The second kappa shape index (κ2) is 6.53. The topological polar surface area (TPSA) is 116 Å². The second-order valence-electron chi connectivity index (χ2n) is 4.54. The van der Waals surface area contributed by atoms with Gasteiger partial charge in [-0.3, -0.25) is 14.9 Å². The highest BCUT2D eigenvalue weighted by molar-refractivity contribution is 6.32. The van der Waals surface area contributed by atoms with E-state index >= 15 is 0 Å². The molecule has 0 radical (unpaired) electrons. The molecule has 0 amide bonds. The van der Waals surface area contributed by atoms with Gasteiger partial charge in [0.1, 0.15) is 16.3 Å². The Labute approximate surface area is 120 Å². The lowest BCUT2D eigenvalue weighted by molar-refractivity contribution is -0.384. The van der Waals surface area contributed by atoms with Crippen molar-refractivity contribution >= 4 is 23.3 Å². The van der Waals surface area contributed by atoms with Crippen molar-refractivity contribution in [3.8, 4) is 5.75 Å². The minimum Gasteiger partial charge on any atom is -0.494 e. The zero-order valence-electron chi connectivity index (χ0n) is 10.8. The van der Waals surface area contributed by atoms with E-state index in [2.05, 4.69) is 0 Å². The van der Waals surface area contributed by atoms with E-state index in [0.29, 0.717) is 12.2 Å². The van der Waals surface area contributed by atoms with Crippen molar-refractivity contribution in [2.24, 2.45) is 5.73 Å². The van der Waals surface area contributed by atoms with Gasteiger partial charge < -0.3 is 15.6 Å². The number of nitro groups is 1. The summed E-state index contributed by atoms with van der Waals surface area (Å²) in [7, 11) is 0. The Morgan fingerprint density at radius 2 is 2.25 bits per heavy atom. The van der Waals surface area contributed by atoms with Crippen LogP contribution in [-0.4, -0.2) is 28.1 Å². The normalized spacial score (nSPS) is 13.6. The highest BCUT2D eigenvalue weighted by Gasteiger charge is 2.26. The Hall–Kier alpha value is -1.86. The number of carboxylic acid groups (broad SMARTS) is 1. The third kappa shape index (κ3) is 4.36. The highest BCUT2D eigenvalue weighted by atomic mass is 35.5. The summed E-state index contributed by atoms with van der Waals surface area (Å²) in [6.45, 7) is 1.67. The SMILES string of the molecule is CC(N)(CCCOc1ccc([N+](=O)[O-])c(Cl)c1)C(=O)O. The Bertz CT molecular complexity index is 519. The molecule has 1 atom stereocenters. The number of benzene rings is 1. The fourth-order valence-corrected chi connectivity index (χ4v) is 1.70. The number of nitrogens with two attached hydrogens (primary N) is 1. The standard InChI is InChI=1S/C12H15ClN2O5/c1-12(14,11(16)17)5-2-6-20-8-3-4-10(15(18)19)9(13)7-8/h3-4,7H,2,5-6,14H2,1H3,(H,16,17). The maximum atomic E-state index is 10.8. The minimum atomic E-state index is -1.30. The van der Waals surface area contributed by atoms with Gasteiger partial charge in [-0.2, -0.15) is 0 Å². The van der Waals surface area contributed by atoms with Gasteiger partial charge in [-0.05, 0) is 25.8 Å². The van der Waals surface area contributed by atoms with E-state index in [9.17, 15) is 14.9 Å². The molecule has 0 saturated heterocycles. The van der Waals surface area contributed by atoms with Crippen LogP contribution in [0.1, 0.15) is 19.8 Å². The van der Waals surface area contributed by atoms with Gasteiger partial charge in [0.15, 0.2) is 0 Å². The summed E-state index contributed by atoms with van der Waals surface area (Å²) in [6, 6.07) is 4.03. The summed E-state index contributed by atoms with van der Waals surface area (Å²) in [6.07, 6.45) is 0.691. The van der Waals surface area contributed by atoms with Gasteiger partial charge >= 0.3 is 5.97 Å². The van der Waals surface area contributed by atoms with Gasteiger partial charge in [0.05, 0.1) is 11.5 Å². The highest BCUT2D eigenvalue weighted by Crippen LogP contribution is 2.28. The Kier molecular flexibility index (Phi) is 5.29. The molecule has 3 N–H and O–H groups in total. The Morgan fingerprint density at radius 3 is 2.75 bits per heavy atom. The summed E-state index contributed by atoms with van der Waals surface area (Å²) in [5.74, 6) is -0.689. The molecule has 0 saturated carbocycles. The number of carbonyl (C=O) groups is 1. The van der Waals surface area contributed by atoms with Crippen molar-refractivity contribution < 1.29 is 19.6 Å². The van der Waals surface area contributed by atoms with Crippen LogP contribution in [-0.2, 0) is 4.79 Å². The largest absolute Gasteiger partial charge is 0.494 e. The molecule has 0 bridgehead atoms. The van der Waals surface area contributed by atoms with Gasteiger partial charge in [-0.25, -0.2) is 0 Å². The van der Waals surface area contributed by atoms with Crippen molar-refractivity contribution in [1.29, 1.82) is 0 Å². The molecule has 0 spiro atoms. The molecule has 0 heterocycles. The van der Waals surface area contributed by atoms with Crippen LogP contribution in [0.2, 0.25) is 5.02 Å². The molecule has 0 fully saturated rings. The van der Waals surface area contributed by atoms with Crippen molar-refractivity contribution in [3.05, 3.63) is 33.3 Å². The van der Waals surface area contributed by atoms with Crippen LogP contribution in [0.5, 0.6) is 5.75 Å². The molecular weight excluding hydrogens is 288 g/mol. The third-order valence-electron chi connectivity index (χ3n) is 2.71. The predicted octanol–water partition coefficient (Wildman–Crippen LogP) is 2.21. The number of nitrogens with zero attached hydrogens (tertiary/aromatic N) is 1. The van der Waals surface area contributed by atoms with Crippen LogP contribution in [0.4, 0.5) is 5.69 Å². The number of rotatable bonds is 7. The van der Waals surface area contributed by atoms with Gasteiger partial charge in [-0.1, -0.05) is 11.6 Å². The number of nitro benzene ring substituents is 1. The van der Waals surface area contributed by atoms with E-state index in [1.54, 1.807) is 0 Å². The zero-order chi connectivity index (χ0) is 15.3.